The molecule has 0 aromatic carbocycles. The first-order valence-electron chi connectivity index (χ1n) is 8.82. The van der Waals surface area contributed by atoms with E-state index < -0.39 is 0 Å². The maximum absolute atomic E-state index is 3.72. The molecule has 0 aromatic heterocycles. The van der Waals surface area contributed by atoms with Gasteiger partial charge in [0.25, 0.3) is 0 Å². The predicted octanol–water partition coefficient (Wildman–Crippen LogP) is 4.30. The summed E-state index contributed by atoms with van der Waals surface area (Å²) in [7, 11) is 2.33. The fourth-order valence-corrected chi connectivity index (χ4v) is 3.51. The van der Waals surface area contributed by atoms with Crippen LogP contribution in [-0.2, 0) is 0 Å². The van der Waals surface area contributed by atoms with Gasteiger partial charge < -0.3 is 10.2 Å². The predicted molar refractivity (Wildman–Crippen MR) is 90.2 cm³/mol. The summed E-state index contributed by atoms with van der Waals surface area (Å²) in [6.07, 6.45) is 8.24. The lowest BCUT2D eigenvalue weighted by Gasteiger charge is -2.44. The summed E-state index contributed by atoms with van der Waals surface area (Å²) in [6, 6.07) is 1.32. The Balaban J connectivity index is 2.62. The van der Waals surface area contributed by atoms with Gasteiger partial charge in [-0.1, -0.05) is 47.0 Å². The van der Waals surface area contributed by atoms with Gasteiger partial charge in [0, 0.05) is 25.2 Å². The van der Waals surface area contributed by atoms with Gasteiger partial charge in [-0.25, -0.2) is 0 Å². The first-order chi connectivity index (χ1) is 9.38. The SMILES string of the molecule is CCCC(C)N(C)CC1(CNC(C)C)CCC(C)CC1. The molecule has 2 nitrogen and oxygen atoms in total. The fourth-order valence-electron chi connectivity index (χ4n) is 3.51. The summed E-state index contributed by atoms with van der Waals surface area (Å²) in [4.78, 5) is 2.61. The van der Waals surface area contributed by atoms with E-state index in [1.54, 1.807) is 0 Å². The molecule has 120 valence electrons. The minimum absolute atomic E-state index is 0.507. The highest BCUT2D eigenvalue weighted by Crippen LogP contribution is 2.39. The van der Waals surface area contributed by atoms with E-state index in [0.717, 1.165) is 12.0 Å². The molecule has 1 N–H and O–H groups in total. The molecule has 0 radical (unpaired) electrons. The molecular formula is C18H38N2. The maximum atomic E-state index is 3.72. The average molecular weight is 283 g/mol. The molecular weight excluding hydrogens is 244 g/mol. The second-order valence-electron chi connectivity index (χ2n) is 7.77. The van der Waals surface area contributed by atoms with Crippen molar-refractivity contribution in [1.29, 1.82) is 0 Å². The van der Waals surface area contributed by atoms with Crippen molar-refractivity contribution < 1.29 is 0 Å². The third-order valence-electron chi connectivity index (χ3n) is 5.26. The number of hydrogen-bond acceptors (Lipinski definition) is 2. The van der Waals surface area contributed by atoms with Crippen LogP contribution in [0.25, 0.3) is 0 Å². The Morgan fingerprint density at radius 2 is 1.80 bits per heavy atom. The van der Waals surface area contributed by atoms with Crippen molar-refractivity contribution in [3.05, 3.63) is 0 Å². The molecule has 1 atom stereocenters. The van der Waals surface area contributed by atoms with Crippen LogP contribution in [0.15, 0.2) is 0 Å². The Kier molecular flexibility index (Phi) is 7.53. The normalized spacial score (nSPS) is 29.1. The van der Waals surface area contributed by atoms with Gasteiger partial charge in [0.15, 0.2) is 0 Å². The van der Waals surface area contributed by atoms with Crippen LogP contribution in [0.2, 0.25) is 0 Å². The second-order valence-corrected chi connectivity index (χ2v) is 7.77. The van der Waals surface area contributed by atoms with Gasteiger partial charge in [-0.05, 0) is 44.6 Å². The largest absolute Gasteiger partial charge is 0.314 e. The maximum Gasteiger partial charge on any atom is 0.00640 e. The Hall–Kier alpha value is -0.0800. The van der Waals surface area contributed by atoms with Gasteiger partial charge in [0.2, 0.25) is 0 Å². The Labute approximate surface area is 127 Å². The van der Waals surface area contributed by atoms with Gasteiger partial charge in [-0.15, -0.1) is 0 Å². The molecule has 20 heavy (non-hydrogen) atoms. The van der Waals surface area contributed by atoms with Crippen LogP contribution in [-0.4, -0.2) is 37.1 Å². The highest BCUT2D eigenvalue weighted by Gasteiger charge is 2.35. The Morgan fingerprint density at radius 3 is 2.30 bits per heavy atom. The minimum Gasteiger partial charge on any atom is -0.314 e. The third-order valence-corrected chi connectivity index (χ3v) is 5.26. The molecule has 1 fully saturated rings. The number of hydrogen-bond donors (Lipinski definition) is 1. The molecule has 1 aliphatic carbocycles. The first-order valence-corrected chi connectivity index (χ1v) is 8.82. The van der Waals surface area contributed by atoms with E-state index in [0.29, 0.717) is 11.5 Å². The van der Waals surface area contributed by atoms with E-state index in [9.17, 15) is 0 Å². The Morgan fingerprint density at radius 1 is 1.20 bits per heavy atom. The van der Waals surface area contributed by atoms with E-state index in [-0.39, 0.29) is 0 Å². The number of nitrogens with zero attached hydrogens (tertiary/aromatic N) is 1. The van der Waals surface area contributed by atoms with Gasteiger partial charge in [-0.3, -0.25) is 0 Å². The van der Waals surface area contributed by atoms with Crippen molar-refractivity contribution >= 4 is 0 Å². The molecule has 1 rings (SSSR count). The van der Waals surface area contributed by atoms with Crippen LogP contribution in [0.4, 0.5) is 0 Å². The standard InChI is InChI=1S/C18H38N2/c1-7-8-17(5)20(6)14-18(13-19-15(2)3)11-9-16(4)10-12-18/h15-17,19H,7-14H2,1-6H3. The highest BCUT2D eigenvalue weighted by molar-refractivity contribution is 4.90. The molecule has 0 amide bonds. The molecule has 1 unspecified atom stereocenters. The molecule has 2 heteroatoms. The average Bonchev–Trinajstić information content (AvgIpc) is 2.40. The third kappa shape index (κ3) is 5.73. The summed E-state index contributed by atoms with van der Waals surface area (Å²) < 4.78 is 0. The van der Waals surface area contributed by atoms with Crippen molar-refractivity contribution in [2.75, 3.05) is 20.1 Å². The van der Waals surface area contributed by atoms with Crippen molar-refractivity contribution in [1.82, 2.24) is 10.2 Å². The smallest absolute Gasteiger partial charge is 0.00640 e. The highest BCUT2D eigenvalue weighted by atomic mass is 15.1. The number of rotatable bonds is 8. The molecule has 1 aliphatic rings. The summed E-state index contributed by atoms with van der Waals surface area (Å²) in [5, 5.41) is 3.72. The van der Waals surface area contributed by atoms with Gasteiger partial charge in [-0.2, -0.15) is 0 Å². The van der Waals surface area contributed by atoms with E-state index in [2.05, 4.69) is 51.9 Å². The van der Waals surface area contributed by atoms with E-state index in [1.807, 2.05) is 0 Å². The molecule has 0 aliphatic heterocycles. The minimum atomic E-state index is 0.507. The molecule has 0 saturated heterocycles. The van der Waals surface area contributed by atoms with Crippen molar-refractivity contribution in [3.8, 4) is 0 Å². The lowest BCUT2D eigenvalue weighted by molar-refractivity contribution is 0.0781. The van der Waals surface area contributed by atoms with Crippen molar-refractivity contribution in [3.63, 3.8) is 0 Å². The zero-order valence-corrected chi connectivity index (χ0v) is 14.8. The van der Waals surface area contributed by atoms with Crippen molar-refractivity contribution in [2.24, 2.45) is 11.3 Å². The molecule has 0 bridgehead atoms. The fraction of sp³-hybridized carbons (Fsp3) is 1.00. The van der Waals surface area contributed by atoms with Crippen LogP contribution in [0.3, 0.4) is 0 Å². The summed E-state index contributed by atoms with van der Waals surface area (Å²) in [6.45, 7) is 14.1. The van der Waals surface area contributed by atoms with Crippen LogP contribution in [0.1, 0.15) is 73.1 Å². The summed E-state index contributed by atoms with van der Waals surface area (Å²) >= 11 is 0. The zero-order chi connectivity index (χ0) is 15.2. The van der Waals surface area contributed by atoms with Gasteiger partial charge in [0.05, 0.1) is 0 Å². The molecule has 0 spiro atoms. The van der Waals surface area contributed by atoms with E-state index in [4.69, 9.17) is 0 Å². The van der Waals surface area contributed by atoms with Crippen LogP contribution in [0, 0.1) is 11.3 Å². The van der Waals surface area contributed by atoms with E-state index >= 15 is 0 Å². The topological polar surface area (TPSA) is 15.3 Å². The van der Waals surface area contributed by atoms with Crippen molar-refractivity contribution in [2.45, 2.75) is 85.2 Å². The number of nitrogens with one attached hydrogen (secondary N) is 1. The monoisotopic (exact) mass is 282 g/mol. The molecule has 0 heterocycles. The van der Waals surface area contributed by atoms with Gasteiger partial charge >= 0.3 is 0 Å². The lowest BCUT2D eigenvalue weighted by atomic mass is 9.70. The van der Waals surface area contributed by atoms with Crippen LogP contribution in [0.5, 0.6) is 0 Å². The van der Waals surface area contributed by atoms with Gasteiger partial charge in [0.1, 0.15) is 0 Å². The van der Waals surface area contributed by atoms with E-state index in [1.165, 1.54) is 51.6 Å². The molecule has 1 saturated carbocycles. The lowest BCUT2D eigenvalue weighted by Crippen LogP contribution is -2.48. The molecule has 0 aromatic rings. The first kappa shape index (κ1) is 18.0. The van der Waals surface area contributed by atoms with Crippen LogP contribution >= 0.6 is 0 Å². The quantitative estimate of drug-likeness (QED) is 0.714. The zero-order valence-electron chi connectivity index (χ0n) is 14.8. The Bertz CT molecular complexity index is 254. The summed E-state index contributed by atoms with van der Waals surface area (Å²) in [5.41, 5.74) is 0.507. The second kappa shape index (κ2) is 8.38. The van der Waals surface area contributed by atoms with Crippen LogP contribution < -0.4 is 5.32 Å². The summed E-state index contributed by atoms with van der Waals surface area (Å²) in [5.74, 6) is 0.931.